The zero-order chi connectivity index (χ0) is 13.8. The van der Waals surface area contributed by atoms with Crippen LogP contribution in [0, 0.1) is 5.92 Å². The van der Waals surface area contributed by atoms with E-state index in [1.165, 1.54) is 6.07 Å². The molecule has 1 aromatic carbocycles. The number of hydrogen-bond donors (Lipinski definition) is 3. The number of piperazine rings is 1. The van der Waals surface area contributed by atoms with Crippen molar-refractivity contribution in [2.45, 2.75) is 26.3 Å². The minimum Gasteiger partial charge on any atom is -0.508 e. The fraction of sp³-hybridized carbons (Fsp3) is 0.600. The topological polar surface area (TPSA) is 55.7 Å². The summed E-state index contributed by atoms with van der Waals surface area (Å²) in [5, 5.41) is 22.9. The molecule has 106 valence electrons. The fourth-order valence-electron chi connectivity index (χ4n) is 2.73. The van der Waals surface area contributed by atoms with Gasteiger partial charge in [0.15, 0.2) is 0 Å². The number of aromatic hydroxyl groups is 2. The van der Waals surface area contributed by atoms with Gasteiger partial charge in [0.25, 0.3) is 0 Å². The van der Waals surface area contributed by atoms with E-state index in [2.05, 4.69) is 24.1 Å². The van der Waals surface area contributed by atoms with Crippen LogP contribution in [0.2, 0.25) is 0 Å². The van der Waals surface area contributed by atoms with Crippen LogP contribution in [0.4, 0.5) is 0 Å². The molecule has 4 heteroatoms. The van der Waals surface area contributed by atoms with Crippen LogP contribution in [0.25, 0.3) is 0 Å². The Hall–Kier alpha value is -1.26. The van der Waals surface area contributed by atoms with E-state index in [0.29, 0.717) is 5.92 Å². The molecule has 1 aliphatic heterocycles. The third-order valence-electron chi connectivity index (χ3n) is 3.66. The van der Waals surface area contributed by atoms with Gasteiger partial charge >= 0.3 is 0 Å². The first kappa shape index (κ1) is 14.2. The highest BCUT2D eigenvalue weighted by atomic mass is 16.3. The maximum atomic E-state index is 10.1. The number of nitrogens with one attached hydrogen (secondary N) is 1. The summed E-state index contributed by atoms with van der Waals surface area (Å²) in [6, 6.07) is 5.16. The molecule has 0 bridgehead atoms. The maximum absolute atomic E-state index is 10.1. The molecule has 2 rings (SSSR count). The molecule has 0 amide bonds. The van der Waals surface area contributed by atoms with E-state index in [1.54, 1.807) is 6.07 Å². The lowest BCUT2D eigenvalue weighted by molar-refractivity contribution is 0.151. The van der Waals surface area contributed by atoms with Gasteiger partial charge in [-0.15, -0.1) is 0 Å². The van der Waals surface area contributed by atoms with Crippen molar-refractivity contribution in [3.63, 3.8) is 0 Å². The summed E-state index contributed by atoms with van der Waals surface area (Å²) in [5.74, 6) is 0.877. The molecular formula is C15H24N2O2. The Morgan fingerprint density at radius 3 is 2.47 bits per heavy atom. The van der Waals surface area contributed by atoms with E-state index in [9.17, 15) is 10.2 Å². The molecule has 19 heavy (non-hydrogen) atoms. The SMILES string of the molecule is CC(C)C[C@H](c1ccc(O)cc1O)N1CCNCC1. The van der Waals surface area contributed by atoms with Crippen molar-refractivity contribution in [3.8, 4) is 11.5 Å². The Morgan fingerprint density at radius 1 is 1.21 bits per heavy atom. The number of rotatable bonds is 4. The number of hydrogen-bond acceptors (Lipinski definition) is 4. The highest BCUT2D eigenvalue weighted by Crippen LogP contribution is 2.35. The zero-order valence-corrected chi connectivity index (χ0v) is 11.8. The second-order valence-electron chi connectivity index (χ2n) is 5.67. The van der Waals surface area contributed by atoms with Gasteiger partial charge in [-0.3, -0.25) is 4.90 Å². The lowest BCUT2D eigenvalue weighted by atomic mass is 9.94. The van der Waals surface area contributed by atoms with Gasteiger partial charge in [0.2, 0.25) is 0 Å². The van der Waals surface area contributed by atoms with Crippen LogP contribution in [0.5, 0.6) is 11.5 Å². The average Bonchev–Trinajstić information content (AvgIpc) is 2.37. The van der Waals surface area contributed by atoms with Crippen LogP contribution in [0.3, 0.4) is 0 Å². The molecule has 0 aromatic heterocycles. The van der Waals surface area contributed by atoms with Crippen molar-refractivity contribution in [1.82, 2.24) is 10.2 Å². The summed E-state index contributed by atoms with van der Waals surface area (Å²) in [6.45, 7) is 8.38. The van der Waals surface area contributed by atoms with Gasteiger partial charge < -0.3 is 15.5 Å². The van der Waals surface area contributed by atoms with Crippen LogP contribution in [0.1, 0.15) is 31.9 Å². The first-order chi connectivity index (χ1) is 9.08. The Morgan fingerprint density at radius 2 is 1.89 bits per heavy atom. The van der Waals surface area contributed by atoms with E-state index in [1.807, 2.05) is 6.07 Å². The third kappa shape index (κ3) is 3.61. The monoisotopic (exact) mass is 264 g/mol. The van der Waals surface area contributed by atoms with Crippen LogP contribution in [0.15, 0.2) is 18.2 Å². The van der Waals surface area contributed by atoms with E-state index in [0.717, 1.165) is 38.2 Å². The summed E-state index contributed by atoms with van der Waals surface area (Å²) in [6.07, 6.45) is 1.01. The van der Waals surface area contributed by atoms with Gasteiger partial charge in [0.1, 0.15) is 11.5 Å². The molecular weight excluding hydrogens is 240 g/mol. The summed E-state index contributed by atoms with van der Waals surface area (Å²) in [7, 11) is 0. The lowest BCUT2D eigenvalue weighted by Crippen LogP contribution is -2.45. The molecule has 0 aliphatic carbocycles. The normalized spacial score (nSPS) is 18.7. The van der Waals surface area contributed by atoms with Crippen LogP contribution >= 0.6 is 0 Å². The van der Waals surface area contributed by atoms with Crippen LogP contribution in [-0.2, 0) is 0 Å². The molecule has 4 nitrogen and oxygen atoms in total. The Balaban J connectivity index is 2.25. The molecule has 0 saturated carbocycles. The minimum atomic E-state index is 0.116. The summed E-state index contributed by atoms with van der Waals surface area (Å²) in [5.41, 5.74) is 0.924. The van der Waals surface area contributed by atoms with Gasteiger partial charge in [0.05, 0.1) is 0 Å². The van der Waals surface area contributed by atoms with Crippen LogP contribution in [-0.4, -0.2) is 41.3 Å². The highest BCUT2D eigenvalue weighted by Gasteiger charge is 2.25. The molecule has 1 aromatic rings. The van der Waals surface area contributed by atoms with E-state index in [-0.39, 0.29) is 17.5 Å². The minimum absolute atomic E-state index is 0.116. The zero-order valence-electron chi connectivity index (χ0n) is 11.8. The standard InChI is InChI=1S/C15H24N2O2/c1-11(2)9-14(17-7-5-16-6-8-17)13-4-3-12(18)10-15(13)19/h3-4,10-11,14,16,18-19H,5-9H2,1-2H3/t14-/m1/s1. The van der Waals surface area contributed by atoms with Crippen molar-refractivity contribution in [3.05, 3.63) is 23.8 Å². The fourth-order valence-corrected chi connectivity index (χ4v) is 2.73. The number of benzene rings is 1. The van der Waals surface area contributed by atoms with Crippen molar-refractivity contribution >= 4 is 0 Å². The summed E-state index contributed by atoms with van der Waals surface area (Å²) >= 11 is 0. The van der Waals surface area contributed by atoms with Gasteiger partial charge in [-0.2, -0.15) is 0 Å². The Kier molecular flexibility index (Phi) is 4.66. The van der Waals surface area contributed by atoms with E-state index >= 15 is 0 Å². The molecule has 1 aliphatic rings. The molecule has 1 fully saturated rings. The van der Waals surface area contributed by atoms with Crippen molar-refractivity contribution in [1.29, 1.82) is 0 Å². The molecule has 3 N–H and O–H groups in total. The Labute approximate surface area is 115 Å². The predicted molar refractivity (Wildman–Crippen MR) is 76.4 cm³/mol. The number of nitrogens with zero attached hydrogens (tertiary/aromatic N) is 1. The van der Waals surface area contributed by atoms with Crippen molar-refractivity contribution < 1.29 is 10.2 Å². The van der Waals surface area contributed by atoms with Gasteiger partial charge in [0, 0.05) is 43.9 Å². The highest BCUT2D eigenvalue weighted by molar-refractivity contribution is 5.41. The molecule has 1 atom stereocenters. The largest absolute Gasteiger partial charge is 0.508 e. The first-order valence-corrected chi connectivity index (χ1v) is 7.04. The lowest BCUT2D eigenvalue weighted by Gasteiger charge is -2.36. The average molecular weight is 264 g/mol. The second-order valence-corrected chi connectivity index (χ2v) is 5.67. The first-order valence-electron chi connectivity index (χ1n) is 7.04. The molecule has 1 saturated heterocycles. The summed E-state index contributed by atoms with van der Waals surface area (Å²) in [4.78, 5) is 2.42. The third-order valence-corrected chi connectivity index (χ3v) is 3.66. The number of phenols is 2. The van der Waals surface area contributed by atoms with Crippen LogP contribution < -0.4 is 5.32 Å². The van der Waals surface area contributed by atoms with Gasteiger partial charge in [-0.1, -0.05) is 19.9 Å². The van der Waals surface area contributed by atoms with Gasteiger partial charge in [-0.05, 0) is 18.4 Å². The molecule has 0 spiro atoms. The predicted octanol–water partition coefficient (Wildman–Crippen LogP) is 2.09. The smallest absolute Gasteiger partial charge is 0.124 e. The molecule has 0 radical (unpaired) electrons. The quantitative estimate of drug-likeness (QED) is 0.779. The molecule has 0 unspecified atom stereocenters. The second kappa shape index (κ2) is 6.26. The van der Waals surface area contributed by atoms with Crippen molar-refractivity contribution in [2.75, 3.05) is 26.2 Å². The maximum Gasteiger partial charge on any atom is 0.124 e. The van der Waals surface area contributed by atoms with E-state index < -0.39 is 0 Å². The van der Waals surface area contributed by atoms with E-state index in [4.69, 9.17) is 0 Å². The van der Waals surface area contributed by atoms with Crippen molar-refractivity contribution in [2.24, 2.45) is 5.92 Å². The number of phenolic OH excluding ortho intramolecular Hbond substituents is 2. The Bertz CT molecular complexity index is 415. The summed E-state index contributed by atoms with van der Waals surface area (Å²) < 4.78 is 0. The molecule has 1 heterocycles. The van der Waals surface area contributed by atoms with Gasteiger partial charge in [-0.25, -0.2) is 0 Å².